The number of hydrogen-bond acceptors (Lipinski definition) is 4. The highest BCUT2D eigenvalue weighted by atomic mass is 79.9. The van der Waals surface area contributed by atoms with E-state index in [0.717, 1.165) is 0 Å². The van der Waals surface area contributed by atoms with E-state index in [1.165, 1.54) is 12.1 Å². The number of amides is 1. The number of rotatable bonds is 3. The molecule has 0 radical (unpaired) electrons. The minimum Gasteiger partial charge on any atom is -0.481 e. The average molecular weight is 374 g/mol. The molecule has 2 aliphatic heterocycles. The lowest BCUT2D eigenvalue weighted by molar-refractivity contribution is -0.187. The second kappa shape index (κ2) is 6.52. The number of ether oxygens (including phenoxy) is 3. The maximum Gasteiger partial charge on any atom is 0.260 e. The van der Waals surface area contributed by atoms with Crippen LogP contribution in [0.1, 0.15) is 12.8 Å². The van der Waals surface area contributed by atoms with Crippen molar-refractivity contribution in [2.75, 3.05) is 32.9 Å². The first-order valence-electron chi connectivity index (χ1n) is 7.22. The van der Waals surface area contributed by atoms with Gasteiger partial charge in [0.05, 0.1) is 13.2 Å². The Kier molecular flexibility index (Phi) is 4.65. The summed E-state index contributed by atoms with van der Waals surface area (Å²) in [6, 6.07) is 4.47. The van der Waals surface area contributed by atoms with Crippen LogP contribution in [-0.4, -0.2) is 49.5 Å². The molecule has 0 atom stereocenters. The molecule has 1 spiro atoms. The Morgan fingerprint density at radius 1 is 1.32 bits per heavy atom. The number of halogens is 2. The van der Waals surface area contributed by atoms with Crippen LogP contribution in [0, 0.1) is 5.82 Å². The molecular weight excluding hydrogens is 357 g/mol. The van der Waals surface area contributed by atoms with Crippen molar-refractivity contribution in [3.05, 3.63) is 28.5 Å². The first kappa shape index (κ1) is 15.7. The number of carbonyl (C=O) groups excluding carboxylic acids is 1. The van der Waals surface area contributed by atoms with Crippen LogP contribution in [-0.2, 0) is 14.3 Å². The standard InChI is InChI=1S/C15H17BrFNO4/c16-11-1-2-13(12(17)9-11)20-10-14(19)18-5-3-15(4-6-18)21-7-8-22-15/h1-2,9H,3-8,10H2. The van der Waals surface area contributed by atoms with E-state index in [-0.39, 0.29) is 18.3 Å². The van der Waals surface area contributed by atoms with Gasteiger partial charge in [0, 0.05) is 30.4 Å². The van der Waals surface area contributed by atoms with Gasteiger partial charge in [0.25, 0.3) is 5.91 Å². The van der Waals surface area contributed by atoms with Crippen molar-refractivity contribution in [1.82, 2.24) is 4.90 Å². The third-order valence-corrected chi connectivity index (χ3v) is 4.43. The number of nitrogens with zero attached hydrogens (tertiary/aromatic N) is 1. The van der Waals surface area contributed by atoms with Crippen LogP contribution in [0.4, 0.5) is 4.39 Å². The van der Waals surface area contributed by atoms with Gasteiger partial charge in [0.2, 0.25) is 0 Å². The molecule has 22 heavy (non-hydrogen) atoms. The van der Waals surface area contributed by atoms with Gasteiger partial charge in [-0.2, -0.15) is 0 Å². The largest absolute Gasteiger partial charge is 0.481 e. The Morgan fingerprint density at radius 3 is 2.64 bits per heavy atom. The van der Waals surface area contributed by atoms with Crippen molar-refractivity contribution in [3.63, 3.8) is 0 Å². The fourth-order valence-electron chi connectivity index (χ4n) is 2.71. The molecule has 0 bridgehead atoms. The highest BCUT2D eigenvalue weighted by molar-refractivity contribution is 9.10. The predicted molar refractivity (Wildman–Crippen MR) is 80.0 cm³/mol. The molecule has 1 amide bonds. The van der Waals surface area contributed by atoms with Crippen molar-refractivity contribution in [2.45, 2.75) is 18.6 Å². The number of likely N-dealkylation sites (tertiary alicyclic amines) is 1. The summed E-state index contributed by atoms with van der Waals surface area (Å²) < 4.78 is 30.8. The van der Waals surface area contributed by atoms with Gasteiger partial charge in [0.15, 0.2) is 24.0 Å². The minimum absolute atomic E-state index is 0.0764. The molecule has 3 rings (SSSR count). The zero-order chi connectivity index (χ0) is 15.6. The molecule has 0 aliphatic carbocycles. The van der Waals surface area contributed by atoms with E-state index >= 15 is 0 Å². The molecule has 1 aromatic rings. The van der Waals surface area contributed by atoms with Gasteiger partial charge in [-0.3, -0.25) is 4.79 Å². The van der Waals surface area contributed by atoms with E-state index in [1.54, 1.807) is 11.0 Å². The number of carbonyl (C=O) groups is 1. The second-order valence-electron chi connectivity index (χ2n) is 5.35. The lowest BCUT2D eigenvalue weighted by Crippen LogP contribution is -2.48. The highest BCUT2D eigenvalue weighted by Crippen LogP contribution is 2.31. The van der Waals surface area contributed by atoms with Crippen LogP contribution in [0.5, 0.6) is 5.75 Å². The Hall–Kier alpha value is -1.18. The molecule has 120 valence electrons. The van der Waals surface area contributed by atoms with Crippen molar-refractivity contribution in [1.29, 1.82) is 0 Å². The van der Waals surface area contributed by atoms with E-state index in [9.17, 15) is 9.18 Å². The summed E-state index contributed by atoms with van der Waals surface area (Å²) >= 11 is 3.17. The number of piperidine rings is 1. The first-order valence-corrected chi connectivity index (χ1v) is 8.01. The molecule has 1 aromatic carbocycles. The number of benzene rings is 1. The SMILES string of the molecule is O=C(COc1ccc(Br)cc1F)N1CCC2(CC1)OCCO2. The monoisotopic (exact) mass is 373 g/mol. The van der Waals surface area contributed by atoms with E-state index in [0.29, 0.717) is 43.6 Å². The van der Waals surface area contributed by atoms with Gasteiger partial charge in [-0.05, 0) is 18.2 Å². The Balaban J connectivity index is 1.50. The third kappa shape index (κ3) is 3.42. The maximum absolute atomic E-state index is 13.6. The maximum atomic E-state index is 13.6. The smallest absolute Gasteiger partial charge is 0.260 e. The van der Waals surface area contributed by atoms with Crippen LogP contribution in [0.25, 0.3) is 0 Å². The van der Waals surface area contributed by atoms with Crippen molar-refractivity contribution < 1.29 is 23.4 Å². The summed E-state index contributed by atoms with van der Waals surface area (Å²) in [4.78, 5) is 13.8. The summed E-state index contributed by atoms with van der Waals surface area (Å²) in [5.41, 5.74) is 0. The fourth-order valence-corrected chi connectivity index (χ4v) is 3.04. The minimum atomic E-state index is -0.505. The molecule has 0 unspecified atom stereocenters. The predicted octanol–water partition coefficient (Wildman–Crippen LogP) is 2.33. The van der Waals surface area contributed by atoms with Gasteiger partial charge >= 0.3 is 0 Å². The van der Waals surface area contributed by atoms with E-state index < -0.39 is 11.6 Å². The Bertz CT molecular complexity index is 552. The molecular formula is C15H17BrFNO4. The van der Waals surface area contributed by atoms with Gasteiger partial charge in [-0.1, -0.05) is 15.9 Å². The molecule has 2 fully saturated rings. The average Bonchev–Trinajstić information content (AvgIpc) is 2.95. The Morgan fingerprint density at radius 2 is 2.00 bits per heavy atom. The fraction of sp³-hybridized carbons (Fsp3) is 0.533. The molecule has 2 saturated heterocycles. The summed E-state index contributed by atoms with van der Waals surface area (Å²) in [5, 5.41) is 0. The summed E-state index contributed by atoms with van der Waals surface area (Å²) in [6.07, 6.45) is 1.32. The van der Waals surface area contributed by atoms with Gasteiger partial charge in [-0.25, -0.2) is 4.39 Å². The lowest BCUT2D eigenvalue weighted by Gasteiger charge is -2.37. The highest BCUT2D eigenvalue weighted by Gasteiger charge is 2.40. The topological polar surface area (TPSA) is 48.0 Å². The van der Waals surface area contributed by atoms with Crippen molar-refractivity contribution >= 4 is 21.8 Å². The second-order valence-corrected chi connectivity index (χ2v) is 6.27. The number of hydrogen-bond donors (Lipinski definition) is 0. The van der Waals surface area contributed by atoms with Crippen LogP contribution in [0.15, 0.2) is 22.7 Å². The van der Waals surface area contributed by atoms with Crippen LogP contribution < -0.4 is 4.74 Å². The van der Waals surface area contributed by atoms with Gasteiger partial charge in [0.1, 0.15) is 0 Å². The van der Waals surface area contributed by atoms with Crippen LogP contribution >= 0.6 is 15.9 Å². The molecule has 0 N–H and O–H groups in total. The van der Waals surface area contributed by atoms with Gasteiger partial charge < -0.3 is 19.1 Å². The molecule has 5 nitrogen and oxygen atoms in total. The summed E-state index contributed by atoms with van der Waals surface area (Å²) in [6.45, 7) is 2.17. The molecule has 2 heterocycles. The lowest BCUT2D eigenvalue weighted by atomic mass is 10.0. The quantitative estimate of drug-likeness (QED) is 0.815. The summed E-state index contributed by atoms with van der Waals surface area (Å²) in [7, 11) is 0. The zero-order valence-electron chi connectivity index (χ0n) is 12.0. The summed E-state index contributed by atoms with van der Waals surface area (Å²) in [5.74, 6) is -1.08. The Labute approximate surface area is 136 Å². The van der Waals surface area contributed by atoms with Crippen molar-refractivity contribution in [2.24, 2.45) is 0 Å². The molecule has 0 aromatic heterocycles. The molecule has 7 heteroatoms. The van der Waals surface area contributed by atoms with Crippen LogP contribution in [0.3, 0.4) is 0 Å². The molecule has 2 aliphatic rings. The third-order valence-electron chi connectivity index (χ3n) is 3.94. The van der Waals surface area contributed by atoms with E-state index in [1.807, 2.05) is 0 Å². The first-order chi connectivity index (χ1) is 10.6. The zero-order valence-corrected chi connectivity index (χ0v) is 13.6. The van der Waals surface area contributed by atoms with Crippen molar-refractivity contribution in [3.8, 4) is 5.75 Å². The van der Waals surface area contributed by atoms with Crippen LogP contribution in [0.2, 0.25) is 0 Å². The van der Waals surface area contributed by atoms with E-state index in [2.05, 4.69) is 15.9 Å². The normalized spacial score (nSPS) is 20.4. The van der Waals surface area contributed by atoms with E-state index in [4.69, 9.17) is 14.2 Å². The van der Waals surface area contributed by atoms with Gasteiger partial charge in [-0.15, -0.1) is 0 Å². The molecule has 0 saturated carbocycles.